The number of hydrogen-bond acceptors (Lipinski definition) is 5. The summed E-state index contributed by atoms with van der Waals surface area (Å²) in [5.41, 5.74) is 0.0939. The molecule has 0 aliphatic heterocycles. The highest BCUT2D eigenvalue weighted by Gasteiger charge is 2.13. The molecular weight excluding hydrogens is 214 g/mol. The molecule has 0 saturated carbocycles. The van der Waals surface area contributed by atoms with Gasteiger partial charge < -0.3 is 14.3 Å². The van der Waals surface area contributed by atoms with Gasteiger partial charge in [0.15, 0.2) is 0 Å². The van der Waals surface area contributed by atoms with Crippen molar-refractivity contribution in [1.29, 1.82) is 0 Å². The molecule has 0 radical (unpaired) electrons. The van der Waals surface area contributed by atoms with Crippen LogP contribution in [0.3, 0.4) is 0 Å². The Morgan fingerprint density at radius 2 is 2.31 bits per heavy atom. The summed E-state index contributed by atoms with van der Waals surface area (Å²) in [6.45, 7) is 2.23. The van der Waals surface area contributed by atoms with Gasteiger partial charge in [0.2, 0.25) is 0 Å². The van der Waals surface area contributed by atoms with Crippen LogP contribution < -0.4 is 5.32 Å². The lowest BCUT2D eigenvalue weighted by atomic mass is 10.2. The van der Waals surface area contributed by atoms with E-state index in [9.17, 15) is 9.59 Å². The zero-order chi connectivity index (χ0) is 12.0. The van der Waals surface area contributed by atoms with Crippen LogP contribution >= 0.6 is 0 Å². The number of furan rings is 1. The number of carbonyl (C=O) groups is 2. The molecule has 0 aliphatic carbocycles. The minimum absolute atomic E-state index is 0.0214. The molecule has 0 fully saturated rings. The monoisotopic (exact) mass is 227 g/mol. The van der Waals surface area contributed by atoms with Crippen molar-refractivity contribution in [2.45, 2.75) is 13.5 Å². The van der Waals surface area contributed by atoms with Gasteiger partial charge in [-0.3, -0.25) is 10.1 Å². The highest BCUT2D eigenvalue weighted by molar-refractivity contribution is 5.88. The third kappa shape index (κ3) is 3.39. The Kier molecular flexibility index (Phi) is 4.53. The van der Waals surface area contributed by atoms with E-state index in [1.807, 2.05) is 0 Å². The number of carbonyl (C=O) groups excluding carboxylic acids is 1. The molecule has 0 bridgehead atoms. The van der Waals surface area contributed by atoms with Crippen LogP contribution in [0.25, 0.3) is 0 Å². The topological polar surface area (TPSA) is 88.8 Å². The number of hydrogen-bond donors (Lipinski definition) is 2. The second-order valence-electron chi connectivity index (χ2n) is 2.97. The predicted molar refractivity (Wildman–Crippen MR) is 54.0 cm³/mol. The number of nitrogens with one attached hydrogen (secondary N) is 1. The van der Waals surface area contributed by atoms with Crippen molar-refractivity contribution in [3.05, 3.63) is 23.7 Å². The van der Waals surface area contributed by atoms with Gasteiger partial charge in [-0.15, -0.1) is 0 Å². The van der Waals surface area contributed by atoms with Crippen LogP contribution in [0.2, 0.25) is 0 Å². The van der Waals surface area contributed by atoms with E-state index < -0.39 is 5.97 Å². The first-order valence-corrected chi connectivity index (χ1v) is 4.81. The van der Waals surface area contributed by atoms with E-state index in [0.29, 0.717) is 6.61 Å². The minimum Gasteiger partial charge on any atom is -0.478 e. The zero-order valence-electron chi connectivity index (χ0n) is 8.86. The van der Waals surface area contributed by atoms with E-state index in [4.69, 9.17) is 14.3 Å². The predicted octanol–water partition coefficient (Wildman–Crippen LogP) is 0.630. The van der Waals surface area contributed by atoms with Gasteiger partial charge in [-0.2, -0.15) is 0 Å². The number of esters is 1. The summed E-state index contributed by atoms with van der Waals surface area (Å²) in [5.74, 6) is -1.15. The first-order chi connectivity index (χ1) is 7.65. The Bertz CT molecular complexity index is 371. The van der Waals surface area contributed by atoms with Crippen LogP contribution in [0.4, 0.5) is 0 Å². The lowest BCUT2D eigenvalue weighted by molar-refractivity contribution is -0.142. The molecule has 1 rings (SSSR count). The van der Waals surface area contributed by atoms with E-state index in [1.54, 1.807) is 6.92 Å². The van der Waals surface area contributed by atoms with Gasteiger partial charge in [0.05, 0.1) is 26.0 Å². The van der Waals surface area contributed by atoms with E-state index in [2.05, 4.69) is 5.32 Å². The first kappa shape index (κ1) is 12.3. The fourth-order valence-electron chi connectivity index (χ4n) is 1.16. The van der Waals surface area contributed by atoms with Crippen molar-refractivity contribution in [2.24, 2.45) is 0 Å². The standard InChI is InChI=1S/C10H13NO5/c1-2-15-9(12)6-11-5-8-7(10(13)14)3-4-16-8/h3-4,11H,2,5-6H2,1H3,(H,13,14). The fourth-order valence-corrected chi connectivity index (χ4v) is 1.16. The van der Waals surface area contributed by atoms with Gasteiger partial charge in [-0.25, -0.2) is 4.79 Å². The van der Waals surface area contributed by atoms with E-state index in [0.717, 1.165) is 0 Å². The molecule has 16 heavy (non-hydrogen) atoms. The number of carboxylic acid groups (broad SMARTS) is 1. The SMILES string of the molecule is CCOC(=O)CNCc1occc1C(=O)O. The third-order valence-electron chi connectivity index (χ3n) is 1.84. The molecule has 0 spiro atoms. The Hall–Kier alpha value is -1.82. The number of aromatic carboxylic acids is 1. The molecule has 0 aromatic carbocycles. The first-order valence-electron chi connectivity index (χ1n) is 4.81. The molecule has 2 N–H and O–H groups in total. The van der Waals surface area contributed by atoms with Crippen molar-refractivity contribution >= 4 is 11.9 Å². The summed E-state index contributed by atoms with van der Waals surface area (Å²) >= 11 is 0. The minimum atomic E-state index is -1.05. The van der Waals surface area contributed by atoms with Crippen molar-refractivity contribution < 1.29 is 23.8 Å². The van der Waals surface area contributed by atoms with E-state index in [-0.39, 0.29) is 30.4 Å². The third-order valence-corrected chi connectivity index (χ3v) is 1.84. The summed E-state index contributed by atoms with van der Waals surface area (Å²) in [4.78, 5) is 21.7. The Labute approximate surface area is 92.2 Å². The van der Waals surface area contributed by atoms with Gasteiger partial charge >= 0.3 is 11.9 Å². The quantitative estimate of drug-likeness (QED) is 0.693. The van der Waals surface area contributed by atoms with Crippen LogP contribution in [0, 0.1) is 0 Å². The van der Waals surface area contributed by atoms with Gasteiger partial charge in [-0.1, -0.05) is 0 Å². The molecule has 0 saturated heterocycles. The number of ether oxygens (including phenoxy) is 1. The fraction of sp³-hybridized carbons (Fsp3) is 0.400. The molecular formula is C10H13NO5. The molecule has 1 aromatic heterocycles. The average Bonchev–Trinajstić information content (AvgIpc) is 2.66. The lowest BCUT2D eigenvalue weighted by Crippen LogP contribution is -2.24. The molecule has 6 heteroatoms. The van der Waals surface area contributed by atoms with Crippen LogP contribution in [0.15, 0.2) is 16.7 Å². The van der Waals surface area contributed by atoms with Crippen LogP contribution in [0.5, 0.6) is 0 Å². The molecule has 88 valence electrons. The summed E-state index contributed by atoms with van der Waals surface area (Å²) in [5, 5.41) is 11.5. The highest BCUT2D eigenvalue weighted by Crippen LogP contribution is 2.09. The smallest absolute Gasteiger partial charge is 0.339 e. The highest BCUT2D eigenvalue weighted by atomic mass is 16.5. The molecule has 0 aliphatic rings. The molecule has 0 amide bonds. The molecule has 0 atom stereocenters. The maximum atomic E-state index is 11.0. The molecule has 1 heterocycles. The Morgan fingerprint density at radius 1 is 1.56 bits per heavy atom. The second kappa shape index (κ2) is 5.92. The summed E-state index contributed by atoms with van der Waals surface area (Å²) in [6.07, 6.45) is 1.30. The van der Waals surface area contributed by atoms with E-state index >= 15 is 0 Å². The lowest BCUT2D eigenvalue weighted by Gasteiger charge is -2.03. The normalized spacial score (nSPS) is 10.1. The molecule has 0 unspecified atom stereocenters. The van der Waals surface area contributed by atoms with Gasteiger partial charge in [-0.05, 0) is 13.0 Å². The largest absolute Gasteiger partial charge is 0.478 e. The molecule has 1 aromatic rings. The average molecular weight is 227 g/mol. The van der Waals surface area contributed by atoms with Crippen LogP contribution in [-0.4, -0.2) is 30.2 Å². The Balaban J connectivity index is 2.40. The van der Waals surface area contributed by atoms with Crippen molar-refractivity contribution in [3.63, 3.8) is 0 Å². The number of carboxylic acids is 1. The Morgan fingerprint density at radius 3 is 2.94 bits per heavy atom. The maximum Gasteiger partial charge on any atom is 0.339 e. The van der Waals surface area contributed by atoms with Gasteiger partial charge in [0.25, 0.3) is 0 Å². The summed E-state index contributed by atoms with van der Waals surface area (Å²) in [7, 11) is 0. The summed E-state index contributed by atoms with van der Waals surface area (Å²) in [6, 6.07) is 1.36. The van der Waals surface area contributed by atoms with Crippen molar-refractivity contribution in [3.8, 4) is 0 Å². The zero-order valence-corrected chi connectivity index (χ0v) is 8.86. The maximum absolute atomic E-state index is 11.0. The van der Waals surface area contributed by atoms with Crippen LogP contribution in [0.1, 0.15) is 23.0 Å². The summed E-state index contributed by atoms with van der Waals surface area (Å²) < 4.78 is 9.66. The molecule has 6 nitrogen and oxygen atoms in total. The second-order valence-corrected chi connectivity index (χ2v) is 2.97. The number of rotatable bonds is 6. The van der Waals surface area contributed by atoms with Gasteiger partial charge in [0, 0.05) is 0 Å². The van der Waals surface area contributed by atoms with Crippen molar-refractivity contribution in [2.75, 3.05) is 13.2 Å². The van der Waals surface area contributed by atoms with Gasteiger partial charge in [0.1, 0.15) is 11.3 Å². The van der Waals surface area contributed by atoms with E-state index in [1.165, 1.54) is 12.3 Å². The van der Waals surface area contributed by atoms with Crippen molar-refractivity contribution in [1.82, 2.24) is 5.32 Å². The van der Waals surface area contributed by atoms with Crippen LogP contribution in [-0.2, 0) is 16.1 Å².